The summed E-state index contributed by atoms with van der Waals surface area (Å²) in [5.41, 5.74) is 9.22. The van der Waals surface area contributed by atoms with Crippen molar-refractivity contribution in [3.05, 3.63) is 82.2 Å². The van der Waals surface area contributed by atoms with Gasteiger partial charge in [-0.05, 0) is 92.8 Å². The standard InChI is InChI=1S/C35H44N2O4/c1-5-31-20-30(12-15-41-31)37(21-32-25(3)18-26(4)36-33(32)22-38)34-19-28(7-6-24(34)2)27-8-10-29(11-9-27)35(23-39)13-16-40-17-14-35/h6-11,18-19,30-31,36,39H,5,12-17,20-21,23H2,1-4H3. The van der Waals surface area contributed by atoms with Crippen LogP contribution in [-0.4, -0.2) is 56.2 Å². The van der Waals surface area contributed by atoms with Gasteiger partial charge in [0.1, 0.15) is 5.70 Å². The second-order valence-electron chi connectivity index (χ2n) is 11.9. The van der Waals surface area contributed by atoms with E-state index in [-0.39, 0.29) is 18.1 Å². The number of rotatable bonds is 8. The van der Waals surface area contributed by atoms with Gasteiger partial charge in [-0.2, -0.15) is 0 Å². The molecule has 0 saturated carbocycles. The van der Waals surface area contributed by atoms with Crippen LogP contribution in [0.1, 0.15) is 64.0 Å². The average Bonchev–Trinajstić information content (AvgIpc) is 3.01. The largest absolute Gasteiger partial charge is 0.395 e. The van der Waals surface area contributed by atoms with Crippen LogP contribution in [0.25, 0.3) is 11.1 Å². The third-order valence-electron chi connectivity index (χ3n) is 9.30. The molecule has 0 bridgehead atoms. The van der Waals surface area contributed by atoms with Crippen molar-refractivity contribution in [1.82, 2.24) is 5.32 Å². The van der Waals surface area contributed by atoms with E-state index in [1.165, 1.54) is 16.8 Å². The normalized spacial score (nSPS) is 22.6. The lowest BCUT2D eigenvalue weighted by Gasteiger charge is -2.41. The minimum absolute atomic E-state index is 0.138. The molecule has 41 heavy (non-hydrogen) atoms. The SMILES string of the molecule is CCC1CC(N(CC2=C(C)C=C(C)NC2=C=O)c2cc(-c3ccc(C4(CO)CCOCC4)cc3)ccc2C)CCO1. The summed E-state index contributed by atoms with van der Waals surface area (Å²) in [6, 6.07) is 15.7. The third kappa shape index (κ3) is 6.22. The molecule has 5 rings (SSSR count). The molecule has 2 aromatic carbocycles. The van der Waals surface area contributed by atoms with Crippen molar-refractivity contribution in [3.63, 3.8) is 0 Å². The number of nitrogens with one attached hydrogen (secondary N) is 1. The molecule has 218 valence electrons. The van der Waals surface area contributed by atoms with Gasteiger partial charge in [0.15, 0.2) is 5.94 Å². The second kappa shape index (κ2) is 12.8. The molecular weight excluding hydrogens is 512 g/mol. The summed E-state index contributed by atoms with van der Waals surface area (Å²) in [5.74, 6) is 2.17. The van der Waals surface area contributed by atoms with Crippen molar-refractivity contribution in [1.29, 1.82) is 0 Å². The van der Waals surface area contributed by atoms with E-state index in [1.54, 1.807) is 0 Å². The van der Waals surface area contributed by atoms with Crippen LogP contribution in [0.5, 0.6) is 0 Å². The average molecular weight is 557 g/mol. The summed E-state index contributed by atoms with van der Waals surface area (Å²) >= 11 is 0. The molecule has 2 unspecified atom stereocenters. The van der Waals surface area contributed by atoms with Gasteiger partial charge in [0.05, 0.1) is 12.7 Å². The molecule has 2 aromatic rings. The zero-order valence-corrected chi connectivity index (χ0v) is 25.0. The molecule has 0 spiro atoms. The Balaban J connectivity index is 1.51. The molecule has 2 saturated heterocycles. The molecule has 6 heteroatoms. The first-order chi connectivity index (χ1) is 19.9. The molecule has 0 radical (unpaired) electrons. The molecule has 0 aromatic heterocycles. The molecule has 0 aliphatic carbocycles. The molecule has 3 aliphatic rings. The number of nitrogens with zero attached hydrogens (tertiary/aromatic N) is 1. The maximum absolute atomic E-state index is 12.0. The Morgan fingerprint density at radius 3 is 2.46 bits per heavy atom. The zero-order chi connectivity index (χ0) is 29.0. The summed E-state index contributed by atoms with van der Waals surface area (Å²) in [6.07, 6.45) is 6.91. The summed E-state index contributed by atoms with van der Waals surface area (Å²) in [7, 11) is 0. The highest BCUT2D eigenvalue weighted by Gasteiger charge is 2.34. The van der Waals surface area contributed by atoms with Gasteiger partial charge in [-0.1, -0.05) is 43.3 Å². The van der Waals surface area contributed by atoms with Gasteiger partial charge < -0.3 is 24.8 Å². The van der Waals surface area contributed by atoms with E-state index in [4.69, 9.17) is 9.47 Å². The van der Waals surface area contributed by atoms with Crippen LogP contribution < -0.4 is 10.2 Å². The number of ether oxygens (including phenoxy) is 2. The monoisotopic (exact) mass is 556 g/mol. The number of hydrogen-bond acceptors (Lipinski definition) is 6. The highest BCUT2D eigenvalue weighted by atomic mass is 16.5. The number of aliphatic hydroxyl groups excluding tert-OH is 1. The van der Waals surface area contributed by atoms with E-state index in [0.29, 0.717) is 31.5 Å². The van der Waals surface area contributed by atoms with Crippen LogP contribution in [0, 0.1) is 6.92 Å². The van der Waals surface area contributed by atoms with Crippen molar-refractivity contribution in [2.75, 3.05) is 37.9 Å². The molecule has 2 fully saturated rings. The van der Waals surface area contributed by atoms with E-state index < -0.39 is 0 Å². The van der Waals surface area contributed by atoms with E-state index in [0.717, 1.165) is 66.7 Å². The number of carbonyl (C=O) groups excluding carboxylic acids is 1. The van der Waals surface area contributed by atoms with Gasteiger partial charge in [0.25, 0.3) is 0 Å². The van der Waals surface area contributed by atoms with Crippen molar-refractivity contribution < 1.29 is 19.4 Å². The van der Waals surface area contributed by atoms with Crippen molar-refractivity contribution in [2.45, 2.75) is 77.4 Å². The summed E-state index contributed by atoms with van der Waals surface area (Å²) in [6.45, 7) is 11.3. The van der Waals surface area contributed by atoms with E-state index in [1.807, 2.05) is 6.92 Å². The zero-order valence-electron chi connectivity index (χ0n) is 25.0. The summed E-state index contributed by atoms with van der Waals surface area (Å²) < 4.78 is 11.6. The van der Waals surface area contributed by atoms with Crippen LogP contribution >= 0.6 is 0 Å². The van der Waals surface area contributed by atoms with Crippen molar-refractivity contribution >= 4 is 11.6 Å². The number of benzene rings is 2. The Bertz CT molecular complexity index is 1350. The van der Waals surface area contributed by atoms with E-state index in [9.17, 15) is 9.90 Å². The number of allylic oxidation sites excluding steroid dienone is 3. The number of hydrogen-bond donors (Lipinski definition) is 2. The topological polar surface area (TPSA) is 71.0 Å². The molecule has 0 amide bonds. The fourth-order valence-corrected chi connectivity index (χ4v) is 6.63. The molecule has 2 atom stereocenters. The quantitative estimate of drug-likeness (QED) is 0.389. The Morgan fingerprint density at radius 1 is 1.05 bits per heavy atom. The Hall–Kier alpha value is -3.15. The van der Waals surface area contributed by atoms with Crippen LogP contribution in [0.2, 0.25) is 0 Å². The number of dihydropyridines is 1. The maximum atomic E-state index is 12.0. The highest BCUT2D eigenvalue weighted by Crippen LogP contribution is 2.37. The lowest BCUT2D eigenvalue weighted by Crippen LogP contribution is -2.44. The van der Waals surface area contributed by atoms with Crippen LogP contribution in [0.15, 0.2) is 71.1 Å². The number of aliphatic hydroxyl groups is 1. The Kier molecular flexibility index (Phi) is 9.16. The third-order valence-corrected chi connectivity index (χ3v) is 9.30. The minimum Gasteiger partial charge on any atom is -0.395 e. The van der Waals surface area contributed by atoms with E-state index in [2.05, 4.69) is 85.5 Å². The maximum Gasteiger partial charge on any atom is 0.150 e. The van der Waals surface area contributed by atoms with Crippen LogP contribution in [0.4, 0.5) is 5.69 Å². The van der Waals surface area contributed by atoms with Gasteiger partial charge in [0.2, 0.25) is 0 Å². The molecule has 2 N–H and O–H groups in total. The van der Waals surface area contributed by atoms with Gasteiger partial charge in [-0.25, -0.2) is 4.79 Å². The first-order valence-corrected chi connectivity index (χ1v) is 15.1. The van der Waals surface area contributed by atoms with Crippen molar-refractivity contribution in [2.24, 2.45) is 0 Å². The first kappa shape index (κ1) is 29.3. The molecule has 3 heterocycles. The van der Waals surface area contributed by atoms with Gasteiger partial charge in [-0.3, -0.25) is 0 Å². The summed E-state index contributed by atoms with van der Waals surface area (Å²) in [4.78, 5) is 14.5. The molecule has 3 aliphatic heterocycles. The minimum atomic E-state index is -0.221. The fourth-order valence-electron chi connectivity index (χ4n) is 6.63. The van der Waals surface area contributed by atoms with Crippen LogP contribution in [-0.2, 0) is 19.7 Å². The predicted molar refractivity (Wildman–Crippen MR) is 165 cm³/mol. The Morgan fingerprint density at radius 2 is 1.78 bits per heavy atom. The lowest BCUT2D eigenvalue weighted by molar-refractivity contribution is 0.00500. The van der Waals surface area contributed by atoms with E-state index >= 15 is 0 Å². The fraction of sp³-hybridized carbons (Fsp3) is 0.486. The van der Waals surface area contributed by atoms with Gasteiger partial charge in [-0.15, -0.1) is 0 Å². The second-order valence-corrected chi connectivity index (χ2v) is 11.9. The first-order valence-electron chi connectivity index (χ1n) is 15.1. The highest BCUT2D eigenvalue weighted by molar-refractivity contribution is 5.72. The van der Waals surface area contributed by atoms with Crippen LogP contribution in [0.3, 0.4) is 0 Å². The Labute approximate surface area is 244 Å². The lowest BCUT2D eigenvalue weighted by atomic mass is 9.74. The van der Waals surface area contributed by atoms with Gasteiger partial charge in [0, 0.05) is 54.8 Å². The summed E-state index contributed by atoms with van der Waals surface area (Å²) in [5, 5.41) is 13.5. The molecular formula is C35H44N2O4. The molecule has 6 nitrogen and oxygen atoms in total. The smallest absolute Gasteiger partial charge is 0.150 e. The number of anilines is 1. The van der Waals surface area contributed by atoms with Crippen molar-refractivity contribution in [3.8, 4) is 11.1 Å². The van der Waals surface area contributed by atoms with Gasteiger partial charge >= 0.3 is 0 Å². The number of aryl methyl sites for hydroxylation is 1. The predicted octanol–water partition coefficient (Wildman–Crippen LogP) is 6.01.